The van der Waals surface area contributed by atoms with Crippen molar-refractivity contribution < 1.29 is 32.3 Å². The number of aromatic nitrogens is 2. The van der Waals surface area contributed by atoms with Crippen molar-refractivity contribution in [3.8, 4) is 11.4 Å². The summed E-state index contributed by atoms with van der Waals surface area (Å²) in [6.45, 7) is 7.56. The van der Waals surface area contributed by atoms with Crippen LogP contribution in [-0.4, -0.2) is 113 Å². The summed E-state index contributed by atoms with van der Waals surface area (Å²) in [5.41, 5.74) is 3.86. The number of fused-ring (bicyclic) bond motifs is 2. The van der Waals surface area contributed by atoms with Crippen molar-refractivity contribution in [3.05, 3.63) is 59.2 Å². The number of amides is 4. The Morgan fingerprint density at radius 2 is 1.24 bits per heavy atom. The molecule has 15 heteroatoms. The number of nitrogens with zero attached hydrogens (tertiary/aromatic N) is 2. The summed E-state index contributed by atoms with van der Waals surface area (Å²) < 4.78 is 45.1. The van der Waals surface area contributed by atoms with Crippen LogP contribution in [0.2, 0.25) is 0 Å². The molecule has 1 aliphatic carbocycles. The molecule has 4 amide bonds. The van der Waals surface area contributed by atoms with Crippen molar-refractivity contribution in [2.75, 3.05) is 27.2 Å². The Balaban J connectivity index is 1.27. The maximum Gasteiger partial charge on any atom is 0.245 e. The molecular weight excluding hydrogens is 762 g/mol. The molecule has 6 N–H and O–H groups in total. The lowest BCUT2D eigenvalue weighted by molar-refractivity contribution is -0.137. The number of likely N-dealkylation sites (N-methyl/N-ethyl adjacent to an activating group) is 2. The number of H-pyrrole nitrogens is 2. The zero-order valence-electron chi connectivity index (χ0n) is 34.7. The van der Waals surface area contributed by atoms with Crippen LogP contribution in [0.25, 0.3) is 33.2 Å². The van der Waals surface area contributed by atoms with E-state index in [9.17, 15) is 28.0 Å². The first-order valence-corrected chi connectivity index (χ1v) is 21.0. The highest BCUT2D eigenvalue weighted by atomic mass is 19.1. The van der Waals surface area contributed by atoms with Crippen LogP contribution in [0, 0.1) is 17.0 Å². The number of benzene rings is 2. The number of hydrogen-bond donors (Lipinski definition) is 6. The lowest BCUT2D eigenvalue weighted by Crippen LogP contribution is -2.53. The van der Waals surface area contributed by atoms with Gasteiger partial charge in [-0.15, -0.1) is 0 Å². The normalized spacial score (nSPS) is 21.9. The predicted molar refractivity (Wildman–Crippen MR) is 221 cm³/mol. The van der Waals surface area contributed by atoms with Crippen molar-refractivity contribution in [3.63, 3.8) is 0 Å². The van der Waals surface area contributed by atoms with E-state index in [1.165, 1.54) is 29.2 Å². The molecule has 2 aromatic heterocycles. The van der Waals surface area contributed by atoms with Gasteiger partial charge in [0.05, 0.1) is 30.0 Å². The van der Waals surface area contributed by atoms with Crippen molar-refractivity contribution in [2.45, 2.75) is 121 Å². The lowest BCUT2D eigenvalue weighted by atomic mass is 9.93. The molecule has 7 atom stereocenters. The number of aromatic amines is 2. The summed E-state index contributed by atoms with van der Waals surface area (Å²) in [5.74, 6) is -1.98. The van der Waals surface area contributed by atoms with Gasteiger partial charge in [-0.25, -0.2) is 13.2 Å². The smallest absolute Gasteiger partial charge is 0.245 e. The molecule has 0 unspecified atom stereocenters. The van der Waals surface area contributed by atoms with Crippen LogP contribution < -0.4 is 21.3 Å². The fourth-order valence-electron chi connectivity index (χ4n) is 9.18. The van der Waals surface area contributed by atoms with Crippen LogP contribution in [0.15, 0.2) is 36.4 Å². The second-order valence-corrected chi connectivity index (χ2v) is 17.0. The summed E-state index contributed by atoms with van der Waals surface area (Å²) in [6.07, 6.45) is 2.93. The summed E-state index contributed by atoms with van der Waals surface area (Å²) in [4.78, 5) is 64.4. The van der Waals surface area contributed by atoms with E-state index >= 15 is 4.39 Å². The maximum atomic E-state index is 15.4. The van der Waals surface area contributed by atoms with Gasteiger partial charge in [0.1, 0.15) is 29.9 Å². The molecule has 0 bridgehead atoms. The van der Waals surface area contributed by atoms with Crippen LogP contribution in [0.3, 0.4) is 0 Å². The first-order chi connectivity index (χ1) is 28.2. The zero-order chi connectivity index (χ0) is 42.3. The van der Waals surface area contributed by atoms with Crippen LogP contribution in [-0.2, 0) is 32.0 Å². The van der Waals surface area contributed by atoms with E-state index in [1.54, 1.807) is 47.0 Å². The van der Waals surface area contributed by atoms with Gasteiger partial charge >= 0.3 is 0 Å². The average Bonchev–Trinajstić information content (AvgIpc) is 3.45. The fourth-order valence-corrected chi connectivity index (χ4v) is 9.18. The van der Waals surface area contributed by atoms with Gasteiger partial charge in [-0.2, -0.15) is 0 Å². The molecule has 1 spiro atoms. The third kappa shape index (κ3) is 8.45. The number of rotatable bonds is 15. The van der Waals surface area contributed by atoms with Gasteiger partial charge in [0, 0.05) is 46.9 Å². The second-order valence-electron chi connectivity index (χ2n) is 17.0. The van der Waals surface area contributed by atoms with Gasteiger partial charge in [-0.1, -0.05) is 13.8 Å². The number of nitrogens with one attached hydrogen (secondary N) is 6. The van der Waals surface area contributed by atoms with Gasteiger partial charge < -0.3 is 41.0 Å². The van der Waals surface area contributed by atoms with Gasteiger partial charge in [0.2, 0.25) is 23.6 Å². The zero-order valence-corrected chi connectivity index (χ0v) is 34.7. The number of alkyl halides is 1. The van der Waals surface area contributed by atoms with E-state index in [0.717, 1.165) is 35.8 Å². The van der Waals surface area contributed by atoms with Crippen molar-refractivity contribution in [2.24, 2.45) is 5.41 Å². The third-order valence-corrected chi connectivity index (χ3v) is 13.1. The molecule has 2 aliphatic heterocycles. The number of hydrogen-bond acceptors (Lipinski definition) is 6. The molecule has 0 radical (unpaired) electrons. The van der Waals surface area contributed by atoms with E-state index in [0.29, 0.717) is 53.6 Å². The molecular formula is C44H57F3N8O4. The van der Waals surface area contributed by atoms with E-state index < -0.39 is 48.0 Å². The minimum Gasteiger partial charge on any atom is -0.353 e. The second kappa shape index (κ2) is 17.0. The van der Waals surface area contributed by atoms with Gasteiger partial charge in [-0.3, -0.25) is 19.2 Å². The minimum atomic E-state index is -1.29. The monoisotopic (exact) mass is 818 g/mol. The Morgan fingerprint density at radius 1 is 0.763 bits per heavy atom. The van der Waals surface area contributed by atoms with Gasteiger partial charge in [0.15, 0.2) is 0 Å². The molecule has 2 aromatic carbocycles. The lowest BCUT2D eigenvalue weighted by Gasteiger charge is -2.30. The van der Waals surface area contributed by atoms with Crippen molar-refractivity contribution in [1.29, 1.82) is 0 Å². The highest BCUT2D eigenvalue weighted by Crippen LogP contribution is 2.56. The standard InChI is InChI=1S/C44H57F3N8O4/c1-7-34(52-40(56)23(3)48-5)42(58)54-21-27(47)15-28(54)18-32-30-11-9-25(45)16-36(30)50-38(32)39-33(31-12-10-26(46)17-37(31)51-39)19-29-20-44(13-14-44)22-55(29)43(59)35(8-2)53-41(57)24(4)49-6/h9-12,16-17,23-24,27-29,34-35,48-51H,7-8,13-15,18-22H2,1-6H3,(H,52,56)(H,53,57)/t23-,24-,27-,28-,29+,34-,35-/m0/s1. The summed E-state index contributed by atoms with van der Waals surface area (Å²) in [5, 5.41) is 13.0. The maximum absolute atomic E-state index is 15.4. The molecule has 3 aliphatic rings. The number of carbonyl (C=O) groups is 4. The van der Waals surface area contributed by atoms with E-state index in [-0.39, 0.29) is 54.5 Å². The Morgan fingerprint density at radius 3 is 1.69 bits per heavy atom. The van der Waals surface area contributed by atoms with Crippen LogP contribution in [0.5, 0.6) is 0 Å². The van der Waals surface area contributed by atoms with E-state index in [4.69, 9.17) is 0 Å². The van der Waals surface area contributed by atoms with E-state index in [2.05, 4.69) is 31.2 Å². The first kappa shape index (κ1) is 42.2. The molecule has 3 fully saturated rings. The molecule has 4 aromatic rings. The number of likely N-dealkylation sites (tertiary alicyclic amines) is 2. The Labute approximate surface area is 342 Å². The quantitative estimate of drug-likeness (QED) is 0.0993. The predicted octanol–water partition coefficient (Wildman–Crippen LogP) is 5.00. The molecule has 7 rings (SSSR count). The SMILES string of the molecule is CC[C@H](NC(=O)[C@H](C)NC)C(=O)N1C[C@@H](F)C[C@H]1Cc1c(-c2[nH]c3cc(F)ccc3c2C[C@@H]2CC3(CC3)CN2C(=O)[C@H](CC)NC(=O)[C@H](C)NC)[nH]c2cc(F)ccc12. The highest BCUT2D eigenvalue weighted by molar-refractivity contribution is 5.97. The van der Waals surface area contributed by atoms with Crippen LogP contribution in [0.4, 0.5) is 13.2 Å². The Kier molecular flexibility index (Phi) is 12.2. The van der Waals surface area contributed by atoms with Crippen molar-refractivity contribution in [1.82, 2.24) is 41.0 Å². The largest absolute Gasteiger partial charge is 0.353 e. The van der Waals surface area contributed by atoms with Crippen LogP contribution >= 0.6 is 0 Å². The summed E-state index contributed by atoms with van der Waals surface area (Å²) >= 11 is 0. The Hall–Kier alpha value is -4.89. The Bertz CT molecular complexity index is 2240. The van der Waals surface area contributed by atoms with E-state index in [1.807, 2.05) is 11.8 Å². The summed E-state index contributed by atoms with van der Waals surface area (Å²) in [6, 6.07) is 5.62. The van der Waals surface area contributed by atoms with Crippen LogP contribution in [0.1, 0.15) is 77.3 Å². The third-order valence-electron chi connectivity index (χ3n) is 13.1. The molecule has 1 saturated carbocycles. The highest BCUT2D eigenvalue weighted by Gasteiger charge is 2.54. The molecule has 12 nitrogen and oxygen atoms in total. The molecule has 59 heavy (non-hydrogen) atoms. The van der Waals surface area contributed by atoms with Gasteiger partial charge in [0.25, 0.3) is 0 Å². The average molecular weight is 819 g/mol. The number of halogens is 3. The van der Waals surface area contributed by atoms with Gasteiger partial charge in [-0.05, 0) is 126 Å². The number of carbonyl (C=O) groups excluding carboxylic acids is 4. The summed E-state index contributed by atoms with van der Waals surface area (Å²) in [7, 11) is 3.35. The van der Waals surface area contributed by atoms with Crippen molar-refractivity contribution >= 4 is 45.4 Å². The molecule has 318 valence electrons. The molecule has 2 saturated heterocycles. The topological polar surface area (TPSA) is 154 Å². The first-order valence-electron chi connectivity index (χ1n) is 21.0. The molecule has 4 heterocycles. The minimum absolute atomic E-state index is 0.00532. The fraction of sp³-hybridized carbons (Fsp3) is 0.545.